The number of H-pyrrole nitrogens is 2. The third kappa shape index (κ3) is 4.17. The van der Waals surface area contributed by atoms with Crippen molar-refractivity contribution in [2.45, 2.75) is 20.8 Å². The summed E-state index contributed by atoms with van der Waals surface area (Å²) in [5, 5.41) is 11.7. The smallest absolute Gasteiger partial charge is 0.159 e. The number of rotatable bonds is 5. The number of fused-ring (bicyclic) bond motifs is 2. The molecule has 0 aliphatic carbocycles. The molecule has 0 aliphatic heterocycles. The van der Waals surface area contributed by atoms with Gasteiger partial charge in [0.15, 0.2) is 5.82 Å². The number of imidazole rings is 1. The summed E-state index contributed by atoms with van der Waals surface area (Å²) in [6.45, 7) is 10.4. The van der Waals surface area contributed by atoms with Gasteiger partial charge in [-0.05, 0) is 30.3 Å². The van der Waals surface area contributed by atoms with Crippen LogP contribution in [0.3, 0.4) is 0 Å². The maximum atomic E-state index is 14.5. The van der Waals surface area contributed by atoms with Crippen molar-refractivity contribution in [1.82, 2.24) is 35.1 Å². The lowest BCUT2D eigenvalue weighted by molar-refractivity contribution is 0.509. The standard InChI is InChI=1S/C29H25FN8/c1-16(29(2,3)4)34-18-11-17(13-31-14-18)23-12-20-24(15-33-23)37-38-26(20)28-35-22-9-10-32-25(27(22)36-28)19-7-5-6-8-21(19)30/h5-15,34H,1H2,2-4H3,(H,35,36)(H,37,38). The largest absolute Gasteiger partial charge is 0.358 e. The van der Waals surface area contributed by atoms with E-state index in [0.29, 0.717) is 28.3 Å². The normalized spacial score (nSPS) is 11.8. The molecule has 0 saturated heterocycles. The molecule has 0 fully saturated rings. The number of anilines is 1. The topological polar surface area (TPSA) is 108 Å². The van der Waals surface area contributed by atoms with Gasteiger partial charge in [-0.3, -0.25) is 20.1 Å². The van der Waals surface area contributed by atoms with Gasteiger partial charge >= 0.3 is 0 Å². The molecule has 6 aromatic rings. The van der Waals surface area contributed by atoms with Gasteiger partial charge in [0.2, 0.25) is 0 Å². The lowest BCUT2D eigenvalue weighted by Gasteiger charge is -2.23. The molecule has 0 spiro atoms. The van der Waals surface area contributed by atoms with Gasteiger partial charge < -0.3 is 10.3 Å². The van der Waals surface area contributed by atoms with Crippen LogP contribution in [0.5, 0.6) is 0 Å². The van der Waals surface area contributed by atoms with Crippen LogP contribution in [0, 0.1) is 11.2 Å². The lowest BCUT2D eigenvalue weighted by Crippen LogP contribution is -2.15. The first kappa shape index (κ1) is 23.5. The number of hydrogen-bond acceptors (Lipinski definition) is 6. The summed E-state index contributed by atoms with van der Waals surface area (Å²) in [6.07, 6.45) is 6.91. The molecular weight excluding hydrogens is 479 g/mol. The summed E-state index contributed by atoms with van der Waals surface area (Å²) in [7, 11) is 0. The molecule has 1 aromatic carbocycles. The predicted molar refractivity (Wildman–Crippen MR) is 148 cm³/mol. The number of nitrogens with zero attached hydrogens (tertiary/aromatic N) is 5. The first-order valence-electron chi connectivity index (χ1n) is 12.1. The Labute approximate surface area is 218 Å². The minimum Gasteiger partial charge on any atom is -0.358 e. The number of allylic oxidation sites excluding steroid dienone is 1. The van der Waals surface area contributed by atoms with Crippen LogP contribution in [0.4, 0.5) is 10.1 Å². The molecule has 0 unspecified atom stereocenters. The molecular formula is C29H25FN8. The van der Waals surface area contributed by atoms with Crippen molar-refractivity contribution in [2.24, 2.45) is 5.41 Å². The number of pyridine rings is 3. The summed E-state index contributed by atoms with van der Waals surface area (Å²) >= 11 is 0. The minimum atomic E-state index is -0.352. The highest BCUT2D eigenvalue weighted by Gasteiger charge is 2.19. The average molecular weight is 505 g/mol. The Morgan fingerprint density at radius 2 is 1.82 bits per heavy atom. The summed E-state index contributed by atoms with van der Waals surface area (Å²) in [5.41, 5.74) is 6.79. The van der Waals surface area contributed by atoms with Gasteiger partial charge in [-0.15, -0.1) is 0 Å². The number of hydrogen-bond donors (Lipinski definition) is 3. The van der Waals surface area contributed by atoms with E-state index in [0.717, 1.165) is 39.1 Å². The summed E-state index contributed by atoms with van der Waals surface area (Å²) in [4.78, 5) is 21.5. The maximum absolute atomic E-state index is 14.5. The van der Waals surface area contributed by atoms with Crippen LogP contribution >= 0.6 is 0 Å². The summed E-state index contributed by atoms with van der Waals surface area (Å²) < 4.78 is 14.5. The van der Waals surface area contributed by atoms with Crippen LogP contribution in [-0.2, 0) is 0 Å². The Bertz CT molecular complexity index is 1830. The molecule has 0 amide bonds. The third-order valence-corrected chi connectivity index (χ3v) is 6.44. The highest BCUT2D eigenvalue weighted by Crippen LogP contribution is 2.33. The molecule has 188 valence electrons. The lowest BCUT2D eigenvalue weighted by atomic mass is 9.93. The molecule has 3 N–H and O–H groups in total. The highest BCUT2D eigenvalue weighted by molar-refractivity contribution is 5.97. The van der Waals surface area contributed by atoms with Crippen molar-refractivity contribution in [3.8, 4) is 34.0 Å². The first-order valence-corrected chi connectivity index (χ1v) is 12.1. The molecule has 5 heterocycles. The van der Waals surface area contributed by atoms with Crippen LogP contribution in [0.15, 0.2) is 79.5 Å². The average Bonchev–Trinajstić information content (AvgIpc) is 3.52. The molecule has 0 aliphatic rings. The Kier molecular flexibility index (Phi) is 5.48. The van der Waals surface area contributed by atoms with E-state index in [1.165, 1.54) is 6.07 Å². The van der Waals surface area contributed by atoms with E-state index >= 15 is 0 Å². The van der Waals surface area contributed by atoms with Crippen LogP contribution in [0.25, 0.3) is 56.0 Å². The summed E-state index contributed by atoms with van der Waals surface area (Å²) in [5.74, 6) is 0.193. The van der Waals surface area contributed by atoms with Crippen molar-refractivity contribution < 1.29 is 4.39 Å². The number of benzene rings is 1. The fourth-order valence-corrected chi connectivity index (χ4v) is 4.16. The second-order valence-corrected chi connectivity index (χ2v) is 10.1. The SMILES string of the molecule is C=C(Nc1cncc(-c2cc3c(-c4nc5c(-c6ccccc6F)nccc5[nH]4)n[nH]c3cn2)c1)C(C)(C)C. The monoisotopic (exact) mass is 504 g/mol. The second-order valence-electron chi connectivity index (χ2n) is 10.1. The zero-order valence-corrected chi connectivity index (χ0v) is 21.2. The molecule has 0 radical (unpaired) electrons. The van der Waals surface area contributed by atoms with Crippen molar-refractivity contribution in [1.29, 1.82) is 0 Å². The van der Waals surface area contributed by atoms with Gasteiger partial charge in [0.1, 0.15) is 22.7 Å². The van der Waals surface area contributed by atoms with Gasteiger partial charge in [0, 0.05) is 40.0 Å². The number of nitrogens with one attached hydrogen (secondary N) is 3. The van der Waals surface area contributed by atoms with E-state index in [1.807, 2.05) is 18.2 Å². The quantitative estimate of drug-likeness (QED) is 0.240. The van der Waals surface area contributed by atoms with Crippen molar-refractivity contribution in [2.75, 3.05) is 5.32 Å². The van der Waals surface area contributed by atoms with Gasteiger partial charge in [0.05, 0.1) is 34.8 Å². The Morgan fingerprint density at radius 3 is 2.63 bits per heavy atom. The van der Waals surface area contributed by atoms with Crippen LogP contribution in [0.1, 0.15) is 20.8 Å². The maximum Gasteiger partial charge on any atom is 0.159 e. The third-order valence-electron chi connectivity index (χ3n) is 6.44. The fraction of sp³-hybridized carbons (Fsp3) is 0.138. The van der Waals surface area contributed by atoms with E-state index in [2.05, 4.69) is 62.8 Å². The van der Waals surface area contributed by atoms with Gasteiger partial charge in [0.25, 0.3) is 0 Å². The Balaban J connectivity index is 1.41. The number of halogens is 1. The van der Waals surface area contributed by atoms with Gasteiger partial charge in [-0.1, -0.05) is 39.5 Å². The van der Waals surface area contributed by atoms with Crippen molar-refractivity contribution in [3.05, 3.63) is 85.3 Å². The molecule has 0 saturated carbocycles. The van der Waals surface area contributed by atoms with E-state index in [4.69, 9.17) is 4.98 Å². The fourth-order valence-electron chi connectivity index (χ4n) is 4.16. The highest BCUT2D eigenvalue weighted by atomic mass is 19.1. The molecule has 6 rings (SSSR count). The number of aromatic amines is 2. The molecule has 5 aromatic heterocycles. The molecule has 8 nitrogen and oxygen atoms in total. The molecule has 9 heteroatoms. The van der Waals surface area contributed by atoms with Crippen LogP contribution < -0.4 is 5.32 Å². The van der Waals surface area contributed by atoms with E-state index in [1.54, 1.807) is 43.0 Å². The number of aromatic nitrogens is 7. The van der Waals surface area contributed by atoms with Crippen LogP contribution in [-0.4, -0.2) is 35.1 Å². The van der Waals surface area contributed by atoms with E-state index in [-0.39, 0.29) is 11.2 Å². The zero-order valence-electron chi connectivity index (χ0n) is 21.2. The summed E-state index contributed by atoms with van der Waals surface area (Å²) in [6, 6.07) is 12.3. The van der Waals surface area contributed by atoms with E-state index < -0.39 is 0 Å². The van der Waals surface area contributed by atoms with Gasteiger partial charge in [-0.25, -0.2) is 9.37 Å². The second kappa shape index (κ2) is 8.88. The first-order chi connectivity index (χ1) is 18.3. The zero-order chi connectivity index (χ0) is 26.4. The molecule has 0 bridgehead atoms. The Hall–Kier alpha value is -4.92. The van der Waals surface area contributed by atoms with Crippen molar-refractivity contribution >= 4 is 27.6 Å². The van der Waals surface area contributed by atoms with Gasteiger partial charge in [-0.2, -0.15) is 5.10 Å². The minimum absolute atomic E-state index is 0.0902. The Morgan fingerprint density at radius 1 is 0.974 bits per heavy atom. The molecule has 38 heavy (non-hydrogen) atoms. The van der Waals surface area contributed by atoms with Crippen LogP contribution in [0.2, 0.25) is 0 Å². The van der Waals surface area contributed by atoms with E-state index in [9.17, 15) is 4.39 Å². The van der Waals surface area contributed by atoms with Crippen molar-refractivity contribution in [3.63, 3.8) is 0 Å². The predicted octanol–water partition coefficient (Wildman–Crippen LogP) is 6.74. The molecule has 0 atom stereocenters.